The molecule has 0 radical (unpaired) electrons. The Bertz CT molecular complexity index is 1050. The minimum absolute atomic E-state index is 0.244. The van der Waals surface area contributed by atoms with E-state index in [0.717, 1.165) is 12.8 Å². The number of allylic oxidation sites excluding steroid dienone is 8. The molecule has 0 bridgehead atoms. The van der Waals surface area contributed by atoms with E-state index < -0.39 is 0 Å². The highest BCUT2D eigenvalue weighted by atomic mass is 14.3. The van der Waals surface area contributed by atoms with Crippen molar-refractivity contribution in [3.8, 4) is 0 Å². The van der Waals surface area contributed by atoms with Crippen molar-refractivity contribution in [3.63, 3.8) is 0 Å². The summed E-state index contributed by atoms with van der Waals surface area (Å²) in [7, 11) is 0. The van der Waals surface area contributed by atoms with Gasteiger partial charge in [-0.3, -0.25) is 0 Å². The number of hydrogen-bond acceptors (Lipinski definition) is 0. The van der Waals surface area contributed by atoms with E-state index in [9.17, 15) is 0 Å². The van der Waals surface area contributed by atoms with E-state index in [1.807, 2.05) is 0 Å². The Morgan fingerprint density at radius 2 is 1.67 bits per heavy atom. The highest BCUT2D eigenvalue weighted by Crippen LogP contribution is 2.46. The fourth-order valence-corrected chi connectivity index (χ4v) is 4.56. The Morgan fingerprint density at radius 1 is 0.967 bits per heavy atom. The predicted molar refractivity (Wildman–Crippen MR) is 131 cm³/mol. The Kier molecular flexibility index (Phi) is 5.77. The summed E-state index contributed by atoms with van der Waals surface area (Å²) in [6.45, 7) is 15.5. The van der Waals surface area contributed by atoms with Crippen LogP contribution in [0.3, 0.4) is 0 Å². The van der Waals surface area contributed by atoms with E-state index in [-0.39, 0.29) is 5.92 Å². The van der Waals surface area contributed by atoms with Crippen molar-refractivity contribution in [1.82, 2.24) is 0 Å². The molecule has 0 aromatic heterocycles. The summed E-state index contributed by atoms with van der Waals surface area (Å²) < 4.78 is 0. The van der Waals surface area contributed by atoms with Crippen LogP contribution < -0.4 is 0 Å². The lowest BCUT2D eigenvalue weighted by atomic mass is 9.89. The number of rotatable bonds is 5. The van der Waals surface area contributed by atoms with Crippen LogP contribution in [0.1, 0.15) is 67.2 Å². The molecule has 2 unspecified atom stereocenters. The molecule has 4 rings (SSSR count). The van der Waals surface area contributed by atoms with Crippen molar-refractivity contribution in [3.05, 3.63) is 124 Å². The molecule has 0 spiro atoms. The lowest BCUT2D eigenvalue weighted by molar-refractivity contribution is 0.733. The van der Waals surface area contributed by atoms with Gasteiger partial charge in [0.05, 0.1) is 0 Å². The van der Waals surface area contributed by atoms with Crippen molar-refractivity contribution >= 4 is 5.57 Å². The zero-order valence-corrected chi connectivity index (χ0v) is 18.5. The lowest BCUT2D eigenvalue weighted by Gasteiger charge is -2.15. The second kappa shape index (κ2) is 8.48. The van der Waals surface area contributed by atoms with Crippen LogP contribution in [0, 0.1) is 6.92 Å². The van der Waals surface area contributed by atoms with E-state index in [4.69, 9.17) is 0 Å². The molecule has 2 atom stereocenters. The third-order valence-corrected chi connectivity index (χ3v) is 6.71. The van der Waals surface area contributed by atoms with Crippen LogP contribution >= 0.6 is 0 Å². The standard InChI is InChI=1S/C30H32/c1-6-21(3)25-13-15-27(16-14-25)30-22(4)17-29(23(30)5)19-24-9-12-28(18-24)26-10-7-20(2)8-11-26/h7-16,19,21,30H,4-6,17-18H2,1-3H3/b29-19+. The maximum Gasteiger partial charge on any atom is 0.0296 e. The molecule has 152 valence electrons. The third-order valence-electron chi connectivity index (χ3n) is 6.71. The van der Waals surface area contributed by atoms with Gasteiger partial charge in [0, 0.05) is 5.92 Å². The summed E-state index contributed by atoms with van der Waals surface area (Å²) in [5.41, 5.74) is 11.9. The molecule has 2 aliphatic carbocycles. The molecule has 1 saturated carbocycles. The first-order chi connectivity index (χ1) is 14.5. The Hall–Kier alpha value is -2.86. The lowest BCUT2D eigenvalue weighted by Crippen LogP contribution is -1.98. The van der Waals surface area contributed by atoms with Crippen molar-refractivity contribution in [2.75, 3.05) is 0 Å². The van der Waals surface area contributed by atoms with Gasteiger partial charge in [-0.25, -0.2) is 0 Å². The second-order valence-corrected chi connectivity index (χ2v) is 8.92. The zero-order chi connectivity index (χ0) is 21.3. The number of aryl methyl sites for hydroxylation is 1. The fourth-order valence-electron chi connectivity index (χ4n) is 4.56. The molecule has 0 N–H and O–H groups in total. The molecule has 0 heteroatoms. The van der Waals surface area contributed by atoms with Crippen LogP contribution in [0.5, 0.6) is 0 Å². The van der Waals surface area contributed by atoms with Crippen LogP contribution in [0.2, 0.25) is 0 Å². The maximum absolute atomic E-state index is 4.47. The molecule has 2 aromatic rings. The van der Waals surface area contributed by atoms with Gasteiger partial charge in [0.1, 0.15) is 0 Å². The van der Waals surface area contributed by atoms with Gasteiger partial charge in [-0.2, -0.15) is 0 Å². The monoisotopic (exact) mass is 392 g/mol. The van der Waals surface area contributed by atoms with E-state index in [1.54, 1.807) is 0 Å². The van der Waals surface area contributed by atoms with Crippen LogP contribution in [-0.2, 0) is 0 Å². The van der Waals surface area contributed by atoms with Crippen molar-refractivity contribution < 1.29 is 0 Å². The third kappa shape index (κ3) is 4.05. The molecular weight excluding hydrogens is 360 g/mol. The summed E-state index contributed by atoms with van der Waals surface area (Å²) in [4.78, 5) is 0. The topological polar surface area (TPSA) is 0 Å². The maximum atomic E-state index is 4.47. The fraction of sp³-hybridized carbons (Fsp3) is 0.267. The van der Waals surface area contributed by atoms with Gasteiger partial charge in [-0.05, 0) is 71.1 Å². The summed E-state index contributed by atoms with van der Waals surface area (Å²) in [5.74, 6) is 0.850. The predicted octanol–water partition coefficient (Wildman–Crippen LogP) is 8.45. The Balaban J connectivity index is 1.48. The van der Waals surface area contributed by atoms with Gasteiger partial charge in [-0.1, -0.05) is 105 Å². The first kappa shape index (κ1) is 20.4. The van der Waals surface area contributed by atoms with E-state index in [1.165, 1.54) is 56.5 Å². The Morgan fingerprint density at radius 3 is 2.33 bits per heavy atom. The van der Waals surface area contributed by atoms with Crippen LogP contribution in [0.4, 0.5) is 0 Å². The largest absolute Gasteiger partial charge is 0.0986 e. The normalized spacial score (nSPS) is 21.2. The van der Waals surface area contributed by atoms with Gasteiger partial charge >= 0.3 is 0 Å². The average Bonchev–Trinajstić information content (AvgIpc) is 3.32. The van der Waals surface area contributed by atoms with E-state index in [0.29, 0.717) is 5.92 Å². The van der Waals surface area contributed by atoms with Gasteiger partial charge in [0.2, 0.25) is 0 Å². The minimum Gasteiger partial charge on any atom is -0.0986 e. The van der Waals surface area contributed by atoms with Crippen LogP contribution in [0.25, 0.3) is 5.57 Å². The highest BCUT2D eigenvalue weighted by molar-refractivity contribution is 5.74. The molecule has 0 nitrogen and oxygen atoms in total. The highest BCUT2D eigenvalue weighted by Gasteiger charge is 2.29. The van der Waals surface area contributed by atoms with Crippen molar-refractivity contribution in [2.45, 2.75) is 51.9 Å². The van der Waals surface area contributed by atoms with Crippen LogP contribution in [-0.4, -0.2) is 0 Å². The van der Waals surface area contributed by atoms with Crippen LogP contribution in [0.15, 0.2) is 102 Å². The van der Waals surface area contributed by atoms with Crippen molar-refractivity contribution in [1.29, 1.82) is 0 Å². The van der Waals surface area contributed by atoms with Gasteiger partial charge in [0.15, 0.2) is 0 Å². The summed E-state index contributed by atoms with van der Waals surface area (Å²) in [6, 6.07) is 17.9. The minimum atomic E-state index is 0.244. The number of hydrogen-bond donors (Lipinski definition) is 0. The van der Waals surface area contributed by atoms with Gasteiger partial charge < -0.3 is 0 Å². The SMILES string of the molecule is C=C1C/C(=C\C2=CC=C(c3ccc(C)cc3)C2)C(=C)C1c1ccc(C(C)CC)cc1. The number of benzene rings is 2. The molecule has 0 amide bonds. The molecule has 0 aliphatic heterocycles. The Labute approximate surface area is 182 Å². The first-order valence-electron chi connectivity index (χ1n) is 11.1. The second-order valence-electron chi connectivity index (χ2n) is 8.92. The molecule has 0 heterocycles. The van der Waals surface area contributed by atoms with E-state index >= 15 is 0 Å². The summed E-state index contributed by atoms with van der Waals surface area (Å²) in [6.07, 6.45) is 9.94. The summed E-state index contributed by atoms with van der Waals surface area (Å²) in [5, 5.41) is 0. The van der Waals surface area contributed by atoms with Gasteiger partial charge in [0.25, 0.3) is 0 Å². The zero-order valence-electron chi connectivity index (χ0n) is 18.5. The smallest absolute Gasteiger partial charge is 0.0296 e. The molecule has 0 saturated heterocycles. The first-order valence-corrected chi connectivity index (χ1v) is 11.1. The molecule has 30 heavy (non-hydrogen) atoms. The molecule has 2 aromatic carbocycles. The van der Waals surface area contributed by atoms with E-state index in [2.05, 4.69) is 101 Å². The van der Waals surface area contributed by atoms with Gasteiger partial charge in [-0.15, -0.1) is 0 Å². The molecule has 1 fully saturated rings. The quantitative estimate of drug-likeness (QED) is 0.448. The molecule has 2 aliphatic rings. The van der Waals surface area contributed by atoms with Crippen molar-refractivity contribution in [2.24, 2.45) is 0 Å². The average molecular weight is 393 g/mol. The summed E-state index contributed by atoms with van der Waals surface area (Å²) >= 11 is 0. The molecular formula is C30H32.